The largest absolute Gasteiger partial charge is 0.493 e. The van der Waals surface area contributed by atoms with Gasteiger partial charge in [-0.05, 0) is 19.1 Å². The summed E-state index contributed by atoms with van der Waals surface area (Å²) in [6, 6.07) is 5.33. The number of carboxylic acids is 1. The quantitative estimate of drug-likeness (QED) is 0.910. The molecule has 1 N–H and O–H groups in total. The lowest BCUT2D eigenvalue weighted by atomic mass is 10.2. The maximum atomic E-state index is 10.9. The Labute approximate surface area is 110 Å². The van der Waals surface area contributed by atoms with Gasteiger partial charge in [0.05, 0.1) is 19.9 Å². The molecule has 0 aliphatic carbocycles. The molecular weight excluding hydrogens is 248 g/mol. The van der Waals surface area contributed by atoms with E-state index in [-0.39, 0.29) is 5.69 Å². The number of aryl methyl sites for hydroxylation is 1. The Balaban J connectivity index is 2.50. The molecule has 6 nitrogen and oxygen atoms in total. The highest BCUT2D eigenvalue weighted by molar-refractivity contribution is 5.85. The maximum absolute atomic E-state index is 10.9. The topological polar surface area (TPSA) is 73.6 Å². The highest BCUT2D eigenvalue weighted by Crippen LogP contribution is 2.29. The van der Waals surface area contributed by atoms with Crippen LogP contribution in [0.25, 0.3) is 5.69 Å². The molecule has 2 rings (SSSR count). The van der Waals surface area contributed by atoms with Gasteiger partial charge in [-0.1, -0.05) is 0 Å². The molecule has 0 bridgehead atoms. The van der Waals surface area contributed by atoms with Crippen molar-refractivity contribution >= 4 is 5.97 Å². The number of rotatable bonds is 4. The molecule has 0 fully saturated rings. The van der Waals surface area contributed by atoms with Gasteiger partial charge < -0.3 is 19.1 Å². The normalized spacial score (nSPS) is 10.3. The molecule has 0 spiro atoms. The number of benzene rings is 1. The molecule has 1 aromatic heterocycles. The third-order valence-corrected chi connectivity index (χ3v) is 2.75. The first kappa shape index (κ1) is 12.9. The van der Waals surface area contributed by atoms with Gasteiger partial charge >= 0.3 is 5.97 Å². The first-order valence-corrected chi connectivity index (χ1v) is 5.58. The zero-order valence-electron chi connectivity index (χ0n) is 10.9. The summed E-state index contributed by atoms with van der Waals surface area (Å²) in [6.07, 6.45) is 1.47. The number of methoxy groups -OCH3 is 2. The average Bonchev–Trinajstić information content (AvgIpc) is 2.80. The third-order valence-electron chi connectivity index (χ3n) is 2.75. The Morgan fingerprint density at radius 2 is 1.95 bits per heavy atom. The van der Waals surface area contributed by atoms with E-state index in [1.54, 1.807) is 37.8 Å². The van der Waals surface area contributed by atoms with Crippen LogP contribution in [0.15, 0.2) is 24.4 Å². The van der Waals surface area contributed by atoms with E-state index in [2.05, 4.69) is 4.98 Å². The van der Waals surface area contributed by atoms with Gasteiger partial charge in [-0.3, -0.25) is 0 Å². The third kappa shape index (κ3) is 2.37. The van der Waals surface area contributed by atoms with Crippen LogP contribution < -0.4 is 9.47 Å². The number of hydrogen-bond donors (Lipinski definition) is 1. The summed E-state index contributed by atoms with van der Waals surface area (Å²) < 4.78 is 12.1. The number of imidazole rings is 1. The van der Waals surface area contributed by atoms with Crippen LogP contribution in [0.2, 0.25) is 0 Å². The van der Waals surface area contributed by atoms with Crippen molar-refractivity contribution in [1.29, 1.82) is 0 Å². The van der Waals surface area contributed by atoms with Crippen molar-refractivity contribution < 1.29 is 19.4 Å². The second kappa shape index (κ2) is 5.01. The van der Waals surface area contributed by atoms with Gasteiger partial charge in [0.1, 0.15) is 5.82 Å². The van der Waals surface area contributed by atoms with Gasteiger partial charge in [0.15, 0.2) is 17.2 Å². The number of carboxylic acid groups (broad SMARTS) is 1. The van der Waals surface area contributed by atoms with Crippen LogP contribution in [0.1, 0.15) is 16.3 Å². The highest BCUT2D eigenvalue weighted by Gasteiger charge is 2.13. The van der Waals surface area contributed by atoms with E-state index in [1.807, 2.05) is 6.07 Å². The monoisotopic (exact) mass is 262 g/mol. The number of nitrogens with zero attached hydrogens (tertiary/aromatic N) is 2. The summed E-state index contributed by atoms with van der Waals surface area (Å²) in [5.41, 5.74) is 0.766. The van der Waals surface area contributed by atoms with Gasteiger partial charge in [0, 0.05) is 12.3 Å². The van der Waals surface area contributed by atoms with Gasteiger partial charge in [-0.2, -0.15) is 0 Å². The zero-order chi connectivity index (χ0) is 14.0. The molecule has 0 aliphatic heterocycles. The lowest BCUT2D eigenvalue weighted by Gasteiger charge is -2.10. The lowest BCUT2D eigenvalue weighted by Crippen LogP contribution is -1.98. The summed E-state index contributed by atoms with van der Waals surface area (Å²) in [7, 11) is 3.10. The number of ether oxygens (including phenoxy) is 2. The molecule has 0 amide bonds. The number of aromatic carboxylic acids is 1. The number of carbonyl (C=O) groups is 1. The Morgan fingerprint density at radius 3 is 2.47 bits per heavy atom. The van der Waals surface area contributed by atoms with Crippen molar-refractivity contribution in [1.82, 2.24) is 9.55 Å². The molecule has 1 aromatic carbocycles. The molecule has 0 unspecified atom stereocenters. The van der Waals surface area contributed by atoms with Crippen LogP contribution in [0.5, 0.6) is 11.5 Å². The Bertz CT molecular complexity index is 619. The summed E-state index contributed by atoms with van der Waals surface area (Å²) in [5, 5.41) is 8.93. The van der Waals surface area contributed by atoms with E-state index in [9.17, 15) is 4.79 Å². The Kier molecular flexibility index (Phi) is 3.41. The molecule has 19 heavy (non-hydrogen) atoms. The van der Waals surface area contributed by atoms with Crippen LogP contribution in [0.4, 0.5) is 0 Å². The fourth-order valence-electron chi connectivity index (χ4n) is 1.81. The van der Waals surface area contributed by atoms with E-state index in [1.165, 1.54) is 6.20 Å². The van der Waals surface area contributed by atoms with Crippen molar-refractivity contribution in [2.75, 3.05) is 14.2 Å². The predicted octanol–water partition coefficient (Wildman–Crippen LogP) is 1.90. The summed E-state index contributed by atoms with van der Waals surface area (Å²) in [4.78, 5) is 14.9. The Morgan fingerprint density at radius 1 is 1.26 bits per heavy atom. The minimum Gasteiger partial charge on any atom is -0.493 e. The van der Waals surface area contributed by atoms with Gasteiger partial charge in [0.2, 0.25) is 0 Å². The molecule has 1 heterocycles. The van der Waals surface area contributed by atoms with Crippen molar-refractivity contribution in [3.63, 3.8) is 0 Å². The SMILES string of the molecule is COc1ccc(-n2cc(C(=O)O)nc2C)cc1OC. The second-order valence-electron chi connectivity index (χ2n) is 3.89. The molecule has 0 saturated carbocycles. The molecule has 2 aromatic rings. The van der Waals surface area contributed by atoms with Crippen LogP contribution in [0.3, 0.4) is 0 Å². The van der Waals surface area contributed by atoms with Crippen molar-refractivity contribution in [3.8, 4) is 17.2 Å². The summed E-state index contributed by atoms with van der Waals surface area (Å²) in [6.45, 7) is 1.74. The van der Waals surface area contributed by atoms with Crippen LogP contribution in [-0.2, 0) is 0 Å². The fraction of sp³-hybridized carbons (Fsp3) is 0.231. The molecule has 6 heteroatoms. The van der Waals surface area contributed by atoms with Crippen molar-refractivity contribution in [2.45, 2.75) is 6.92 Å². The Hall–Kier alpha value is -2.50. The molecule has 0 saturated heterocycles. The molecule has 0 aliphatic rings. The number of hydrogen-bond acceptors (Lipinski definition) is 4. The molecule has 0 atom stereocenters. The summed E-state index contributed by atoms with van der Waals surface area (Å²) >= 11 is 0. The van der Waals surface area contributed by atoms with Crippen LogP contribution >= 0.6 is 0 Å². The van der Waals surface area contributed by atoms with Gasteiger partial charge in [-0.25, -0.2) is 9.78 Å². The average molecular weight is 262 g/mol. The lowest BCUT2D eigenvalue weighted by molar-refractivity contribution is 0.0691. The number of aromatic nitrogens is 2. The van der Waals surface area contributed by atoms with Crippen molar-refractivity contribution in [3.05, 3.63) is 35.9 Å². The maximum Gasteiger partial charge on any atom is 0.356 e. The highest BCUT2D eigenvalue weighted by atomic mass is 16.5. The first-order valence-electron chi connectivity index (χ1n) is 5.58. The molecule has 100 valence electrons. The van der Waals surface area contributed by atoms with E-state index in [4.69, 9.17) is 14.6 Å². The molecular formula is C13H14N2O4. The standard InChI is InChI=1S/C13H14N2O4/c1-8-14-10(13(16)17)7-15(8)9-4-5-11(18-2)12(6-9)19-3/h4-7H,1-3H3,(H,16,17). The van der Waals surface area contributed by atoms with E-state index < -0.39 is 5.97 Å². The summed E-state index contributed by atoms with van der Waals surface area (Å²) in [5.74, 6) is 0.722. The first-order chi connectivity index (χ1) is 9.06. The van der Waals surface area contributed by atoms with E-state index in [0.29, 0.717) is 17.3 Å². The minimum absolute atomic E-state index is 0.00675. The van der Waals surface area contributed by atoms with Crippen LogP contribution in [-0.4, -0.2) is 34.8 Å². The van der Waals surface area contributed by atoms with Crippen molar-refractivity contribution in [2.24, 2.45) is 0 Å². The predicted molar refractivity (Wildman–Crippen MR) is 68.4 cm³/mol. The van der Waals surface area contributed by atoms with Crippen LogP contribution in [0, 0.1) is 6.92 Å². The zero-order valence-corrected chi connectivity index (χ0v) is 10.9. The van der Waals surface area contributed by atoms with E-state index in [0.717, 1.165) is 5.69 Å². The van der Waals surface area contributed by atoms with E-state index >= 15 is 0 Å². The minimum atomic E-state index is -1.05. The van der Waals surface area contributed by atoms with Gasteiger partial charge in [0.25, 0.3) is 0 Å². The van der Waals surface area contributed by atoms with Gasteiger partial charge in [-0.15, -0.1) is 0 Å². The fourth-order valence-corrected chi connectivity index (χ4v) is 1.81. The molecule has 0 radical (unpaired) electrons. The second-order valence-corrected chi connectivity index (χ2v) is 3.89. The smallest absolute Gasteiger partial charge is 0.356 e.